The van der Waals surface area contributed by atoms with Gasteiger partial charge in [0.2, 0.25) is 11.8 Å². The predicted molar refractivity (Wildman–Crippen MR) is 119 cm³/mol. The molecular formula is C21H33N3O4S2. The summed E-state index contributed by atoms with van der Waals surface area (Å²) in [7, 11) is 0. The van der Waals surface area contributed by atoms with Gasteiger partial charge in [0.1, 0.15) is 6.04 Å². The van der Waals surface area contributed by atoms with E-state index < -0.39 is 15.7 Å². The molecule has 168 valence electrons. The number of hydrogen-bond donors (Lipinski definition) is 1. The summed E-state index contributed by atoms with van der Waals surface area (Å²) in [5.74, 6) is 1.61. The largest absolute Gasteiger partial charge is 0.333 e. The zero-order valence-corrected chi connectivity index (χ0v) is 20.1. The van der Waals surface area contributed by atoms with Gasteiger partial charge < -0.3 is 4.90 Å². The molecule has 1 saturated carbocycles. The number of imide groups is 1. The third-order valence-corrected chi connectivity index (χ3v) is 9.66. The van der Waals surface area contributed by atoms with Gasteiger partial charge in [-0.05, 0) is 46.0 Å². The highest BCUT2D eigenvalue weighted by molar-refractivity contribution is 8.22. The average molecular weight is 456 g/mol. The lowest BCUT2D eigenvalue weighted by molar-refractivity contribution is -0.148. The molecule has 0 bridgehead atoms. The Hall–Kier alpha value is -0.770. The summed E-state index contributed by atoms with van der Waals surface area (Å²) in [6.45, 7) is 10.4. The van der Waals surface area contributed by atoms with Gasteiger partial charge in [0.25, 0.3) is 5.91 Å². The van der Waals surface area contributed by atoms with Gasteiger partial charge in [-0.15, -0.1) is 23.5 Å². The fourth-order valence-corrected chi connectivity index (χ4v) is 8.06. The van der Waals surface area contributed by atoms with E-state index >= 15 is 0 Å². The van der Waals surface area contributed by atoms with Gasteiger partial charge in [0, 0.05) is 24.0 Å². The first kappa shape index (κ1) is 22.4. The molecule has 1 aliphatic carbocycles. The zero-order chi connectivity index (χ0) is 21.8. The van der Waals surface area contributed by atoms with Crippen LogP contribution in [0.5, 0.6) is 0 Å². The van der Waals surface area contributed by atoms with Crippen molar-refractivity contribution in [2.24, 2.45) is 11.8 Å². The van der Waals surface area contributed by atoms with Gasteiger partial charge in [-0.3, -0.25) is 24.1 Å². The molecule has 1 spiro atoms. The lowest BCUT2D eigenvalue weighted by atomic mass is 10.0. The molecule has 4 fully saturated rings. The molecule has 0 aromatic rings. The van der Waals surface area contributed by atoms with Crippen LogP contribution in [-0.2, 0) is 19.2 Å². The number of thioether (sulfide) groups is 2. The topological polar surface area (TPSA) is 79.0 Å². The van der Waals surface area contributed by atoms with Crippen molar-refractivity contribution in [1.82, 2.24) is 15.3 Å². The van der Waals surface area contributed by atoms with Crippen molar-refractivity contribution in [2.45, 2.75) is 81.7 Å². The number of nitrogens with zero attached hydrogens (tertiary/aromatic N) is 2. The van der Waals surface area contributed by atoms with Crippen molar-refractivity contribution < 1.29 is 19.2 Å². The SMILES string of the molecule is CC(C)[C@H](NOC(C)(C)C)C(=O)N1CC[C@H]2[C@H]1C1(SCCS1)C(=O)N2C(=O)C1CC1. The molecule has 3 amide bonds. The first-order valence-corrected chi connectivity index (χ1v) is 12.9. The molecule has 30 heavy (non-hydrogen) atoms. The smallest absolute Gasteiger partial charge is 0.258 e. The van der Waals surface area contributed by atoms with Crippen LogP contribution in [0.2, 0.25) is 0 Å². The van der Waals surface area contributed by atoms with Crippen molar-refractivity contribution in [3.8, 4) is 0 Å². The molecule has 7 nitrogen and oxygen atoms in total. The molecular weight excluding hydrogens is 422 g/mol. The highest BCUT2D eigenvalue weighted by Crippen LogP contribution is 2.57. The first-order valence-electron chi connectivity index (χ1n) is 11.0. The first-order chi connectivity index (χ1) is 14.1. The number of likely N-dealkylation sites (tertiary alicyclic amines) is 2. The van der Waals surface area contributed by atoms with E-state index in [9.17, 15) is 14.4 Å². The maximum Gasteiger partial charge on any atom is 0.258 e. The molecule has 4 aliphatic rings. The Morgan fingerprint density at radius 2 is 1.80 bits per heavy atom. The van der Waals surface area contributed by atoms with Crippen LogP contribution in [0.25, 0.3) is 0 Å². The maximum absolute atomic E-state index is 13.7. The van der Waals surface area contributed by atoms with Crippen LogP contribution in [0.15, 0.2) is 0 Å². The zero-order valence-electron chi connectivity index (χ0n) is 18.5. The summed E-state index contributed by atoms with van der Waals surface area (Å²) in [4.78, 5) is 49.3. The van der Waals surface area contributed by atoms with Crippen molar-refractivity contribution in [2.75, 3.05) is 18.1 Å². The number of hydrogen-bond acceptors (Lipinski definition) is 7. The van der Waals surface area contributed by atoms with Crippen LogP contribution in [0.4, 0.5) is 0 Å². The quantitative estimate of drug-likeness (QED) is 0.503. The molecule has 3 saturated heterocycles. The van der Waals surface area contributed by atoms with Crippen molar-refractivity contribution in [1.29, 1.82) is 0 Å². The van der Waals surface area contributed by atoms with E-state index in [-0.39, 0.29) is 41.6 Å². The molecule has 1 N–H and O–H groups in total. The number of nitrogens with one attached hydrogen (secondary N) is 1. The van der Waals surface area contributed by atoms with Crippen LogP contribution in [0.1, 0.15) is 53.9 Å². The third kappa shape index (κ3) is 3.80. The lowest BCUT2D eigenvalue weighted by Crippen LogP contribution is -2.56. The summed E-state index contributed by atoms with van der Waals surface area (Å²) < 4.78 is -0.742. The van der Waals surface area contributed by atoms with Crippen LogP contribution in [0.3, 0.4) is 0 Å². The lowest BCUT2D eigenvalue weighted by Gasteiger charge is -2.36. The molecule has 0 radical (unpaired) electrons. The summed E-state index contributed by atoms with van der Waals surface area (Å²) in [6, 6.07) is -0.973. The van der Waals surface area contributed by atoms with E-state index in [1.54, 1.807) is 28.4 Å². The fraction of sp³-hybridized carbons (Fsp3) is 0.857. The Morgan fingerprint density at radius 1 is 1.17 bits per heavy atom. The Balaban J connectivity index is 1.61. The Bertz CT molecular complexity index is 728. The molecule has 4 rings (SSSR count). The van der Waals surface area contributed by atoms with Crippen LogP contribution < -0.4 is 5.48 Å². The second-order valence-corrected chi connectivity index (χ2v) is 13.0. The summed E-state index contributed by atoms with van der Waals surface area (Å²) in [5, 5.41) is 0. The molecule has 0 aromatic heterocycles. The Morgan fingerprint density at radius 3 is 2.33 bits per heavy atom. The van der Waals surface area contributed by atoms with E-state index in [1.165, 1.54) is 0 Å². The number of hydroxylamine groups is 1. The van der Waals surface area contributed by atoms with E-state index in [1.807, 2.05) is 39.5 Å². The van der Waals surface area contributed by atoms with Gasteiger partial charge >= 0.3 is 0 Å². The molecule has 3 atom stereocenters. The average Bonchev–Trinajstić information content (AvgIpc) is 3.14. The molecule has 9 heteroatoms. The van der Waals surface area contributed by atoms with Gasteiger partial charge in [-0.2, -0.15) is 5.48 Å². The Labute approximate surface area is 187 Å². The van der Waals surface area contributed by atoms with E-state index in [0.717, 1.165) is 24.3 Å². The summed E-state index contributed by atoms with van der Waals surface area (Å²) in [6.07, 6.45) is 2.41. The second kappa shape index (κ2) is 7.98. The Kier molecular flexibility index (Phi) is 5.96. The van der Waals surface area contributed by atoms with Crippen LogP contribution in [-0.4, -0.2) is 73.4 Å². The molecule has 0 unspecified atom stereocenters. The van der Waals surface area contributed by atoms with E-state index in [0.29, 0.717) is 13.0 Å². The number of rotatable bonds is 5. The van der Waals surface area contributed by atoms with E-state index in [2.05, 4.69) is 5.48 Å². The van der Waals surface area contributed by atoms with Gasteiger partial charge in [-0.1, -0.05) is 13.8 Å². The van der Waals surface area contributed by atoms with Gasteiger partial charge in [-0.25, -0.2) is 0 Å². The molecule has 3 heterocycles. The van der Waals surface area contributed by atoms with Gasteiger partial charge in [0.15, 0.2) is 4.08 Å². The monoisotopic (exact) mass is 455 g/mol. The number of carbonyl (C=O) groups is 3. The number of fused-ring (bicyclic) bond motifs is 2. The van der Waals surface area contributed by atoms with Crippen LogP contribution >= 0.6 is 23.5 Å². The minimum atomic E-state index is -0.742. The summed E-state index contributed by atoms with van der Waals surface area (Å²) in [5.41, 5.74) is 2.58. The highest BCUT2D eigenvalue weighted by Gasteiger charge is 2.68. The standard InChI is InChI=1S/C21H33N3O4S2/c1-12(2)15(22-28-20(3,4)5)18(26)23-9-8-14-16(23)21(29-10-11-30-21)19(27)24(14)17(25)13-6-7-13/h12-16,22H,6-11H2,1-5H3/t14-,15-,16-/m0/s1. The third-order valence-electron chi connectivity index (χ3n) is 6.19. The fourth-order valence-electron chi connectivity index (χ4n) is 4.60. The minimum absolute atomic E-state index is 0.00355. The van der Waals surface area contributed by atoms with Crippen molar-refractivity contribution in [3.05, 3.63) is 0 Å². The predicted octanol–water partition coefficient (Wildman–Crippen LogP) is 2.26. The highest BCUT2D eigenvalue weighted by atomic mass is 32.2. The van der Waals surface area contributed by atoms with Crippen LogP contribution in [0, 0.1) is 11.8 Å². The maximum atomic E-state index is 13.7. The van der Waals surface area contributed by atoms with Gasteiger partial charge in [0.05, 0.1) is 17.7 Å². The van der Waals surface area contributed by atoms with E-state index in [4.69, 9.17) is 4.84 Å². The molecule has 0 aromatic carbocycles. The normalized spacial score (nSPS) is 29.2. The summed E-state index contributed by atoms with van der Waals surface area (Å²) >= 11 is 3.25. The van der Waals surface area contributed by atoms with Crippen molar-refractivity contribution in [3.63, 3.8) is 0 Å². The van der Waals surface area contributed by atoms with Crippen molar-refractivity contribution >= 4 is 41.2 Å². The second-order valence-electron chi connectivity index (χ2n) is 10.0. The number of carbonyl (C=O) groups excluding carboxylic acids is 3. The minimum Gasteiger partial charge on any atom is -0.333 e. The molecule has 3 aliphatic heterocycles. The number of amides is 3.